The molecular formula is C21H21Cl2N3O. The van der Waals surface area contributed by atoms with Crippen LogP contribution in [-0.4, -0.2) is 15.7 Å². The maximum atomic E-state index is 12.9. The average molecular weight is 402 g/mol. The molecular weight excluding hydrogens is 381 g/mol. The third kappa shape index (κ3) is 4.71. The van der Waals surface area contributed by atoms with E-state index in [1.54, 1.807) is 23.0 Å². The van der Waals surface area contributed by atoms with Crippen LogP contribution in [-0.2, 0) is 11.3 Å². The largest absolute Gasteiger partial charge is 0.310 e. The number of hydrogen-bond donors (Lipinski definition) is 1. The van der Waals surface area contributed by atoms with Crippen molar-refractivity contribution in [1.29, 1.82) is 0 Å². The Morgan fingerprint density at radius 3 is 2.63 bits per heavy atom. The Morgan fingerprint density at radius 1 is 1.11 bits per heavy atom. The van der Waals surface area contributed by atoms with Gasteiger partial charge in [-0.1, -0.05) is 79.0 Å². The monoisotopic (exact) mass is 401 g/mol. The van der Waals surface area contributed by atoms with Crippen LogP contribution in [0, 0.1) is 0 Å². The highest BCUT2D eigenvalue weighted by Crippen LogP contribution is 2.27. The first-order valence-electron chi connectivity index (χ1n) is 8.90. The molecule has 4 nitrogen and oxygen atoms in total. The van der Waals surface area contributed by atoms with E-state index >= 15 is 0 Å². The molecule has 0 saturated carbocycles. The van der Waals surface area contributed by atoms with Crippen molar-refractivity contribution in [3.63, 3.8) is 0 Å². The van der Waals surface area contributed by atoms with Crippen molar-refractivity contribution in [3.05, 3.63) is 82.0 Å². The number of amides is 1. The average Bonchev–Trinajstić information content (AvgIpc) is 3.10. The summed E-state index contributed by atoms with van der Waals surface area (Å²) in [5.41, 5.74) is 1.86. The molecule has 3 aromatic rings. The van der Waals surface area contributed by atoms with E-state index in [1.807, 2.05) is 42.5 Å². The maximum Gasteiger partial charge on any atom is 0.233 e. The Kier molecular flexibility index (Phi) is 6.54. The van der Waals surface area contributed by atoms with Gasteiger partial charge in [0.1, 0.15) is 5.82 Å². The molecule has 0 saturated heterocycles. The van der Waals surface area contributed by atoms with E-state index in [0.29, 0.717) is 22.4 Å². The first-order valence-corrected chi connectivity index (χ1v) is 9.66. The number of anilines is 1. The number of nitrogens with zero attached hydrogens (tertiary/aromatic N) is 2. The van der Waals surface area contributed by atoms with E-state index < -0.39 is 0 Å². The van der Waals surface area contributed by atoms with Crippen LogP contribution in [0.15, 0.2) is 60.8 Å². The lowest BCUT2D eigenvalue weighted by Gasteiger charge is -2.17. The lowest BCUT2D eigenvalue weighted by atomic mass is 9.94. The second-order valence-corrected chi connectivity index (χ2v) is 7.11. The summed E-state index contributed by atoms with van der Waals surface area (Å²) in [5.74, 6) is 0.393. The van der Waals surface area contributed by atoms with Crippen molar-refractivity contribution in [1.82, 2.24) is 9.78 Å². The maximum absolute atomic E-state index is 12.9. The molecule has 0 fully saturated rings. The molecule has 0 bridgehead atoms. The molecule has 1 aromatic heterocycles. The Labute approximate surface area is 169 Å². The normalized spacial score (nSPS) is 12.0. The molecule has 0 aliphatic heterocycles. The number of carbonyl (C=O) groups is 1. The van der Waals surface area contributed by atoms with Crippen LogP contribution in [0.3, 0.4) is 0 Å². The lowest BCUT2D eigenvalue weighted by molar-refractivity contribution is -0.117. The van der Waals surface area contributed by atoms with Gasteiger partial charge in [0, 0.05) is 6.07 Å². The predicted molar refractivity (Wildman–Crippen MR) is 111 cm³/mol. The van der Waals surface area contributed by atoms with Crippen LogP contribution in [0.1, 0.15) is 36.8 Å². The fourth-order valence-corrected chi connectivity index (χ4v) is 3.41. The highest BCUT2D eigenvalue weighted by Gasteiger charge is 2.21. The van der Waals surface area contributed by atoms with Gasteiger partial charge in [-0.25, -0.2) is 4.68 Å². The number of benzene rings is 2. The molecule has 6 heteroatoms. The van der Waals surface area contributed by atoms with Crippen LogP contribution >= 0.6 is 23.2 Å². The highest BCUT2D eigenvalue weighted by atomic mass is 35.5. The summed E-state index contributed by atoms with van der Waals surface area (Å²) >= 11 is 12.4. The molecule has 27 heavy (non-hydrogen) atoms. The summed E-state index contributed by atoms with van der Waals surface area (Å²) in [6.45, 7) is 2.50. The number of aromatic nitrogens is 2. The van der Waals surface area contributed by atoms with E-state index in [4.69, 9.17) is 23.2 Å². The van der Waals surface area contributed by atoms with Crippen molar-refractivity contribution in [2.75, 3.05) is 5.32 Å². The van der Waals surface area contributed by atoms with Gasteiger partial charge in [-0.2, -0.15) is 5.10 Å². The van der Waals surface area contributed by atoms with Crippen molar-refractivity contribution < 1.29 is 4.79 Å². The molecule has 1 atom stereocenters. The van der Waals surface area contributed by atoms with Crippen LogP contribution in [0.4, 0.5) is 5.82 Å². The fourth-order valence-electron chi connectivity index (χ4n) is 3.03. The van der Waals surface area contributed by atoms with Gasteiger partial charge in [0.2, 0.25) is 5.91 Å². The summed E-state index contributed by atoms with van der Waals surface area (Å²) in [7, 11) is 0. The quantitative estimate of drug-likeness (QED) is 0.546. The van der Waals surface area contributed by atoms with Crippen molar-refractivity contribution in [2.24, 2.45) is 0 Å². The van der Waals surface area contributed by atoms with E-state index in [1.165, 1.54) is 0 Å². The minimum absolute atomic E-state index is 0.0398. The molecule has 0 radical (unpaired) electrons. The van der Waals surface area contributed by atoms with E-state index in [9.17, 15) is 4.79 Å². The molecule has 1 unspecified atom stereocenters. The molecule has 1 amide bonds. The predicted octanol–water partition coefficient (Wildman–Crippen LogP) is 5.76. The zero-order valence-electron chi connectivity index (χ0n) is 15.0. The number of carbonyl (C=O) groups excluding carboxylic acids is 1. The fraction of sp³-hybridized carbons (Fsp3) is 0.238. The Hall–Kier alpha value is -2.30. The third-order valence-electron chi connectivity index (χ3n) is 4.42. The van der Waals surface area contributed by atoms with Gasteiger partial charge in [-0.3, -0.25) is 4.79 Å². The molecule has 0 aliphatic rings. The van der Waals surface area contributed by atoms with Crippen molar-refractivity contribution >= 4 is 34.9 Å². The van der Waals surface area contributed by atoms with Crippen LogP contribution in [0.5, 0.6) is 0 Å². The topological polar surface area (TPSA) is 46.9 Å². The number of rotatable bonds is 7. The van der Waals surface area contributed by atoms with E-state index in [2.05, 4.69) is 17.3 Å². The van der Waals surface area contributed by atoms with Crippen LogP contribution < -0.4 is 5.32 Å². The van der Waals surface area contributed by atoms with Gasteiger partial charge in [0.25, 0.3) is 0 Å². The lowest BCUT2D eigenvalue weighted by Crippen LogP contribution is -2.23. The molecule has 3 rings (SSSR count). The highest BCUT2D eigenvalue weighted by molar-refractivity contribution is 6.42. The summed E-state index contributed by atoms with van der Waals surface area (Å²) in [4.78, 5) is 12.9. The summed E-state index contributed by atoms with van der Waals surface area (Å²) in [6, 6.07) is 17.1. The summed E-state index contributed by atoms with van der Waals surface area (Å²) in [5, 5.41) is 8.33. The van der Waals surface area contributed by atoms with Crippen LogP contribution in [0.25, 0.3) is 0 Å². The Balaban J connectivity index is 1.79. The second-order valence-electron chi connectivity index (χ2n) is 6.33. The van der Waals surface area contributed by atoms with Gasteiger partial charge in [0.05, 0.1) is 28.7 Å². The van der Waals surface area contributed by atoms with Gasteiger partial charge in [0.15, 0.2) is 0 Å². The standard InChI is InChI=1S/C21H21Cl2N3O/c1-2-7-17(15-8-4-3-5-9-15)21(27)25-19-12-13-24-26(19)14-16-10-6-11-18(22)20(16)23/h3-6,8-13,17H,2,7,14H2,1H3,(H,25,27). The minimum Gasteiger partial charge on any atom is -0.310 e. The molecule has 140 valence electrons. The first-order chi connectivity index (χ1) is 13.1. The molecule has 0 aliphatic carbocycles. The summed E-state index contributed by atoms with van der Waals surface area (Å²) < 4.78 is 1.71. The van der Waals surface area contributed by atoms with Crippen LogP contribution in [0.2, 0.25) is 10.0 Å². The first kappa shape index (κ1) is 19.5. The van der Waals surface area contributed by atoms with Crippen molar-refractivity contribution in [2.45, 2.75) is 32.2 Å². The molecule has 2 aromatic carbocycles. The SMILES string of the molecule is CCCC(C(=O)Nc1ccnn1Cc1cccc(Cl)c1Cl)c1ccccc1. The molecule has 0 spiro atoms. The molecule has 1 N–H and O–H groups in total. The van der Waals surface area contributed by atoms with Gasteiger partial charge >= 0.3 is 0 Å². The molecule has 1 heterocycles. The summed E-state index contributed by atoms with van der Waals surface area (Å²) in [6.07, 6.45) is 3.36. The van der Waals surface area contributed by atoms with Crippen molar-refractivity contribution in [3.8, 4) is 0 Å². The smallest absolute Gasteiger partial charge is 0.233 e. The van der Waals surface area contributed by atoms with Gasteiger partial charge < -0.3 is 5.32 Å². The Bertz CT molecular complexity index is 909. The van der Waals surface area contributed by atoms with Gasteiger partial charge in [-0.15, -0.1) is 0 Å². The minimum atomic E-state index is -0.200. The number of hydrogen-bond acceptors (Lipinski definition) is 2. The Morgan fingerprint density at radius 2 is 1.89 bits per heavy atom. The van der Waals surface area contributed by atoms with Gasteiger partial charge in [-0.05, 0) is 23.6 Å². The zero-order chi connectivity index (χ0) is 19.2. The zero-order valence-corrected chi connectivity index (χ0v) is 16.5. The number of nitrogens with one attached hydrogen (secondary N) is 1. The van der Waals surface area contributed by atoms with E-state index in [0.717, 1.165) is 24.0 Å². The second kappa shape index (κ2) is 9.07. The number of halogens is 2. The van der Waals surface area contributed by atoms with E-state index in [-0.39, 0.29) is 11.8 Å². The third-order valence-corrected chi connectivity index (χ3v) is 5.27.